The fourth-order valence-electron chi connectivity index (χ4n) is 2.46. The van der Waals surface area contributed by atoms with Crippen molar-refractivity contribution in [2.75, 3.05) is 32.4 Å². The van der Waals surface area contributed by atoms with E-state index in [0.29, 0.717) is 0 Å². The van der Waals surface area contributed by atoms with Crippen molar-refractivity contribution < 1.29 is 4.79 Å². The number of nitrogens with two attached hydrogens (primary N) is 1. The number of amides is 1. The first-order chi connectivity index (χ1) is 10.3. The molecule has 22 heavy (non-hydrogen) atoms. The predicted octanol–water partition coefficient (Wildman–Crippen LogP) is 1.56. The highest BCUT2D eigenvalue weighted by Crippen LogP contribution is 2.25. The molecule has 7 heteroatoms. The van der Waals surface area contributed by atoms with E-state index in [-0.39, 0.29) is 10.7 Å². The summed E-state index contributed by atoms with van der Waals surface area (Å²) in [6, 6.07) is -0.449. The fraction of sp³-hybridized carbons (Fsp3) is 0.733. The Hall–Kier alpha value is -0.630. The van der Waals surface area contributed by atoms with Gasteiger partial charge in [0.2, 0.25) is 5.91 Å². The topological polar surface area (TPSA) is 62.5 Å². The molecule has 1 aromatic heterocycles. The Morgan fingerprint density at radius 3 is 2.59 bits per heavy atom. The van der Waals surface area contributed by atoms with Gasteiger partial charge in [0.1, 0.15) is 0 Å². The molecule has 0 aromatic carbocycles. The molecule has 1 aromatic rings. The van der Waals surface area contributed by atoms with Crippen molar-refractivity contribution in [2.24, 2.45) is 5.73 Å². The van der Waals surface area contributed by atoms with Gasteiger partial charge in [-0.25, -0.2) is 4.98 Å². The monoisotopic (exact) mass is 342 g/mol. The molecular formula is C15H26N4OS2. The van der Waals surface area contributed by atoms with Crippen molar-refractivity contribution in [3.8, 4) is 0 Å². The Kier molecular flexibility index (Phi) is 5.87. The quantitative estimate of drug-likeness (QED) is 0.880. The van der Waals surface area contributed by atoms with Gasteiger partial charge in [-0.2, -0.15) is 11.8 Å². The van der Waals surface area contributed by atoms with Gasteiger partial charge in [-0.05, 0) is 27.0 Å². The van der Waals surface area contributed by atoms with Gasteiger partial charge in [-0.3, -0.25) is 9.69 Å². The first kappa shape index (κ1) is 17.7. The molecule has 5 nitrogen and oxygen atoms in total. The van der Waals surface area contributed by atoms with Crippen LogP contribution in [0.15, 0.2) is 5.38 Å². The van der Waals surface area contributed by atoms with Crippen molar-refractivity contribution in [3.05, 3.63) is 16.1 Å². The highest BCUT2D eigenvalue weighted by Gasteiger charge is 2.35. The number of aryl methyl sites for hydroxylation is 1. The van der Waals surface area contributed by atoms with Crippen molar-refractivity contribution >= 4 is 29.0 Å². The van der Waals surface area contributed by atoms with Gasteiger partial charge < -0.3 is 10.6 Å². The van der Waals surface area contributed by atoms with Crippen molar-refractivity contribution in [2.45, 2.75) is 38.1 Å². The number of piperazine rings is 1. The number of carbonyl (C=O) groups excluding carboxylic acids is 1. The zero-order valence-corrected chi connectivity index (χ0v) is 15.5. The van der Waals surface area contributed by atoms with E-state index in [9.17, 15) is 4.79 Å². The Bertz CT molecular complexity index is 509. The maximum atomic E-state index is 12.5. The first-order valence-corrected chi connectivity index (χ1v) is 9.67. The Balaban J connectivity index is 1.85. The number of thiazole rings is 1. The van der Waals surface area contributed by atoms with E-state index in [1.54, 1.807) is 23.1 Å². The molecule has 0 spiro atoms. The molecule has 2 rings (SSSR count). The summed E-state index contributed by atoms with van der Waals surface area (Å²) in [5.74, 6) is 0.0727. The van der Waals surface area contributed by atoms with Crippen LogP contribution in [0.2, 0.25) is 0 Å². The van der Waals surface area contributed by atoms with E-state index in [2.05, 4.69) is 15.3 Å². The molecule has 1 saturated heterocycles. The number of hydrogen-bond donors (Lipinski definition) is 1. The Morgan fingerprint density at radius 2 is 2.09 bits per heavy atom. The lowest BCUT2D eigenvalue weighted by Gasteiger charge is -2.38. The second kappa shape index (κ2) is 7.29. The van der Waals surface area contributed by atoms with Crippen LogP contribution in [0.4, 0.5) is 0 Å². The van der Waals surface area contributed by atoms with Crippen LogP contribution < -0.4 is 5.73 Å². The van der Waals surface area contributed by atoms with E-state index in [1.807, 2.05) is 31.9 Å². The average Bonchev–Trinajstić information content (AvgIpc) is 2.91. The van der Waals surface area contributed by atoms with Crippen LogP contribution in [0.5, 0.6) is 0 Å². The molecule has 2 heterocycles. The van der Waals surface area contributed by atoms with Gasteiger partial charge in [-0.15, -0.1) is 11.3 Å². The lowest BCUT2D eigenvalue weighted by molar-refractivity contribution is -0.135. The molecule has 1 aliphatic rings. The minimum Gasteiger partial charge on any atom is -0.339 e. The van der Waals surface area contributed by atoms with Crippen LogP contribution in [0.3, 0.4) is 0 Å². The normalized spacial score (nSPS) is 18.5. The second-order valence-corrected chi connectivity index (χ2v) is 8.77. The molecule has 1 fully saturated rings. The van der Waals surface area contributed by atoms with E-state index >= 15 is 0 Å². The van der Waals surface area contributed by atoms with Crippen LogP contribution in [0.1, 0.15) is 24.5 Å². The van der Waals surface area contributed by atoms with Gasteiger partial charge in [0.15, 0.2) is 0 Å². The van der Waals surface area contributed by atoms with Crippen LogP contribution in [-0.2, 0) is 11.3 Å². The first-order valence-electron chi connectivity index (χ1n) is 7.56. The third-order valence-corrected chi connectivity index (χ3v) is 6.41. The highest BCUT2D eigenvalue weighted by atomic mass is 32.2. The number of thioether (sulfide) groups is 1. The summed E-state index contributed by atoms with van der Waals surface area (Å²) >= 11 is 3.33. The highest BCUT2D eigenvalue weighted by molar-refractivity contribution is 8.00. The zero-order valence-electron chi connectivity index (χ0n) is 13.8. The molecular weight excluding hydrogens is 316 g/mol. The van der Waals surface area contributed by atoms with Crippen molar-refractivity contribution in [1.82, 2.24) is 14.8 Å². The fourth-order valence-corrected chi connectivity index (χ4v) is 3.42. The standard InChI is InChI=1S/C15H26N4OS2/c1-11-17-12(10-22-11)9-18-5-7-19(8-6-18)14(20)13(16)15(2,3)21-4/h10,13H,5-9,16H2,1-4H3/t13-/m1/s1. The Morgan fingerprint density at radius 1 is 1.45 bits per heavy atom. The number of nitrogens with zero attached hydrogens (tertiary/aromatic N) is 3. The summed E-state index contributed by atoms with van der Waals surface area (Å²) in [7, 11) is 0. The largest absolute Gasteiger partial charge is 0.339 e. The second-order valence-electron chi connectivity index (χ2n) is 6.24. The molecule has 0 bridgehead atoms. The SMILES string of the molecule is CSC(C)(C)[C@H](N)C(=O)N1CCN(Cc2csc(C)n2)CC1. The molecule has 0 unspecified atom stereocenters. The lowest BCUT2D eigenvalue weighted by atomic mass is 10.0. The van der Waals surface area contributed by atoms with Crippen LogP contribution in [-0.4, -0.2) is 63.9 Å². The average molecular weight is 343 g/mol. The van der Waals surface area contributed by atoms with Gasteiger partial charge in [0.05, 0.1) is 16.7 Å². The van der Waals surface area contributed by atoms with Gasteiger partial charge in [0, 0.05) is 42.9 Å². The summed E-state index contributed by atoms with van der Waals surface area (Å²) in [5, 5.41) is 3.22. The van der Waals surface area contributed by atoms with Gasteiger partial charge in [-0.1, -0.05) is 0 Å². The number of hydrogen-bond acceptors (Lipinski definition) is 6. The summed E-state index contributed by atoms with van der Waals surface area (Å²) < 4.78 is -0.230. The lowest BCUT2D eigenvalue weighted by Crippen LogP contribution is -2.57. The van der Waals surface area contributed by atoms with Crippen molar-refractivity contribution in [1.29, 1.82) is 0 Å². The molecule has 0 aliphatic carbocycles. The Labute approximate surface area is 141 Å². The van der Waals surface area contributed by atoms with Gasteiger partial charge in [0.25, 0.3) is 0 Å². The van der Waals surface area contributed by atoms with Gasteiger partial charge >= 0.3 is 0 Å². The molecule has 0 saturated carbocycles. The zero-order chi connectivity index (χ0) is 16.3. The van der Waals surface area contributed by atoms with E-state index in [1.165, 1.54) is 0 Å². The minimum atomic E-state index is -0.449. The van der Waals surface area contributed by atoms with Crippen molar-refractivity contribution in [3.63, 3.8) is 0 Å². The maximum Gasteiger partial charge on any atom is 0.240 e. The number of aromatic nitrogens is 1. The summed E-state index contributed by atoms with van der Waals surface area (Å²) in [6.07, 6.45) is 2.00. The summed E-state index contributed by atoms with van der Waals surface area (Å²) in [6.45, 7) is 10.2. The third kappa shape index (κ3) is 4.22. The summed E-state index contributed by atoms with van der Waals surface area (Å²) in [4.78, 5) is 21.3. The summed E-state index contributed by atoms with van der Waals surface area (Å²) in [5.41, 5.74) is 7.29. The smallest absolute Gasteiger partial charge is 0.240 e. The number of carbonyl (C=O) groups is 1. The predicted molar refractivity (Wildman–Crippen MR) is 94.3 cm³/mol. The van der Waals surface area contributed by atoms with Crippen LogP contribution >= 0.6 is 23.1 Å². The van der Waals surface area contributed by atoms with E-state index < -0.39 is 6.04 Å². The third-order valence-electron chi connectivity index (χ3n) is 4.28. The molecule has 2 N–H and O–H groups in total. The molecule has 0 radical (unpaired) electrons. The van der Waals surface area contributed by atoms with E-state index in [4.69, 9.17) is 5.73 Å². The number of rotatable bonds is 5. The van der Waals surface area contributed by atoms with Crippen LogP contribution in [0, 0.1) is 6.92 Å². The molecule has 1 atom stereocenters. The maximum absolute atomic E-state index is 12.5. The molecule has 124 valence electrons. The molecule has 1 aliphatic heterocycles. The minimum absolute atomic E-state index is 0.0727. The van der Waals surface area contributed by atoms with E-state index in [0.717, 1.165) is 43.4 Å². The molecule has 1 amide bonds. The van der Waals surface area contributed by atoms with Crippen LogP contribution in [0.25, 0.3) is 0 Å².